The van der Waals surface area contributed by atoms with Crippen molar-refractivity contribution in [1.82, 2.24) is 0 Å². The molecule has 90 valence electrons. The molecule has 0 aliphatic carbocycles. The molecular weight excluding hydrogens is 236 g/mol. The highest BCUT2D eigenvalue weighted by atomic mass is 32.2. The molecule has 0 spiro atoms. The lowest BCUT2D eigenvalue weighted by Crippen LogP contribution is -2.07. The van der Waals surface area contributed by atoms with Gasteiger partial charge in [0.2, 0.25) is 0 Å². The van der Waals surface area contributed by atoms with Gasteiger partial charge in [-0.05, 0) is 24.8 Å². The Morgan fingerprint density at radius 2 is 1.94 bits per heavy atom. The minimum Gasteiger partial charge on any atom is -0.462 e. The van der Waals surface area contributed by atoms with E-state index in [1.165, 1.54) is 0 Å². The van der Waals surface area contributed by atoms with Crippen molar-refractivity contribution >= 4 is 29.2 Å². The summed E-state index contributed by atoms with van der Waals surface area (Å²) >= 11 is 1.70. The van der Waals surface area contributed by atoms with Gasteiger partial charge in [0.15, 0.2) is 5.57 Å². The van der Waals surface area contributed by atoms with Crippen LogP contribution < -0.4 is 0 Å². The number of carbonyl (C=O) groups excluding carboxylic acids is 2. The van der Waals surface area contributed by atoms with Crippen molar-refractivity contribution in [2.75, 3.05) is 12.4 Å². The summed E-state index contributed by atoms with van der Waals surface area (Å²) in [5.74, 6) is 1.99. The highest BCUT2D eigenvalue weighted by molar-refractivity contribution is 7.99. The SMILES string of the molecule is CCOC(=O)C(=C=O)c1ccc(SCC)cc1. The predicted molar refractivity (Wildman–Crippen MR) is 68.6 cm³/mol. The van der Waals surface area contributed by atoms with Gasteiger partial charge in [-0.15, -0.1) is 11.8 Å². The lowest BCUT2D eigenvalue weighted by molar-refractivity contribution is -0.135. The third-order valence-electron chi connectivity index (χ3n) is 2.04. The molecule has 0 aliphatic rings. The van der Waals surface area contributed by atoms with E-state index in [9.17, 15) is 9.59 Å². The zero-order valence-electron chi connectivity index (χ0n) is 9.86. The number of esters is 1. The molecule has 0 heterocycles. The van der Waals surface area contributed by atoms with Crippen molar-refractivity contribution in [1.29, 1.82) is 0 Å². The minimum absolute atomic E-state index is 0.0556. The molecule has 0 fully saturated rings. The van der Waals surface area contributed by atoms with Gasteiger partial charge in [0.25, 0.3) is 0 Å². The fraction of sp³-hybridized carbons (Fsp3) is 0.308. The number of benzene rings is 1. The Labute approximate surface area is 105 Å². The molecule has 0 amide bonds. The van der Waals surface area contributed by atoms with Crippen LogP contribution in [0.25, 0.3) is 5.57 Å². The maximum Gasteiger partial charge on any atom is 0.350 e. The topological polar surface area (TPSA) is 43.4 Å². The van der Waals surface area contributed by atoms with Crippen molar-refractivity contribution in [2.45, 2.75) is 18.7 Å². The van der Waals surface area contributed by atoms with Crippen LogP contribution in [0.4, 0.5) is 0 Å². The average molecular weight is 250 g/mol. The van der Waals surface area contributed by atoms with Crippen molar-refractivity contribution in [2.24, 2.45) is 0 Å². The number of ether oxygens (including phenoxy) is 1. The Bertz CT molecular complexity index is 430. The van der Waals surface area contributed by atoms with Gasteiger partial charge in [0.1, 0.15) is 5.94 Å². The van der Waals surface area contributed by atoms with E-state index in [2.05, 4.69) is 6.92 Å². The monoisotopic (exact) mass is 250 g/mol. The molecule has 3 nitrogen and oxygen atoms in total. The van der Waals surface area contributed by atoms with Crippen molar-refractivity contribution in [3.8, 4) is 0 Å². The van der Waals surface area contributed by atoms with Gasteiger partial charge in [0, 0.05) is 10.5 Å². The first-order valence-corrected chi connectivity index (χ1v) is 6.37. The molecule has 0 saturated heterocycles. The molecule has 0 atom stereocenters. The number of rotatable bonds is 5. The molecule has 1 aromatic carbocycles. The van der Waals surface area contributed by atoms with E-state index in [1.807, 2.05) is 12.1 Å². The van der Waals surface area contributed by atoms with Crippen molar-refractivity contribution < 1.29 is 14.3 Å². The van der Waals surface area contributed by atoms with Crippen LogP contribution >= 0.6 is 11.8 Å². The molecule has 0 N–H and O–H groups in total. The Balaban J connectivity index is 2.91. The van der Waals surface area contributed by atoms with Crippen molar-refractivity contribution in [3.05, 3.63) is 29.8 Å². The summed E-state index contributed by atoms with van der Waals surface area (Å²) in [6.45, 7) is 4.00. The molecule has 0 saturated carbocycles. The molecule has 0 aromatic heterocycles. The third-order valence-corrected chi connectivity index (χ3v) is 2.93. The fourth-order valence-corrected chi connectivity index (χ4v) is 1.97. The highest BCUT2D eigenvalue weighted by Gasteiger charge is 2.14. The Kier molecular flexibility index (Phi) is 5.53. The molecule has 0 radical (unpaired) electrons. The normalized spacial score (nSPS) is 9.53. The maximum atomic E-state index is 11.5. The largest absolute Gasteiger partial charge is 0.462 e. The lowest BCUT2D eigenvalue weighted by atomic mass is 10.1. The predicted octanol–water partition coefficient (Wildman–Crippen LogP) is 2.58. The summed E-state index contributed by atoms with van der Waals surface area (Å²) in [5, 5.41) is 0. The molecule has 17 heavy (non-hydrogen) atoms. The average Bonchev–Trinajstić information content (AvgIpc) is 2.33. The molecule has 0 bridgehead atoms. The van der Waals surface area contributed by atoms with E-state index in [0.29, 0.717) is 5.56 Å². The highest BCUT2D eigenvalue weighted by Crippen LogP contribution is 2.21. The van der Waals surface area contributed by atoms with Crippen LogP contribution in [0.5, 0.6) is 0 Å². The van der Waals surface area contributed by atoms with E-state index in [4.69, 9.17) is 4.74 Å². The van der Waals surface area contributed by atoms with Gasteiger partial charge in [-0.3, -0.25) is 0 Å². The first-order chi connectivity index (χ1) is 8.22. The second-order valence-corrected chi connectivity index (χ2v) is 4.49. The van der Waals surface area contributed by atoms with Crippen LogP contribution in [-0.2, 0) is 14.3 Å². The summed E-state index contributed by atoms with van der Waals surface area (Å²) in [5.41, 5.74) is 0.485. The van der Waals surface area contributed by atoms with E-state index in [0.717, 1.165) is 10.6 Å². The number of thioether (sulfide) groups is 1. The van der Waals surface area contributed by atoms with E-state index < -0.39 is 5.97 Å². The number of hydrogen-bond donors (Lipinski definition) is 0. The fourth-order valence-electron chi connectivity index (χ4n) is 1.31. The second-order valence-electron chi connectivity index (χ2n) is 3.15. The Morgan fingerprint density at radius 1 is 1.29 bits per heavy atom. The number of carbonyl (C=O) groups is 1. The summed E-state index contributed by atoms with van der Waals surface area (Å²) < 4.78 is 4.78. The van der Waals surface area contributed by atoms with Gasteiger partial charge in [0.05, 0.1) is 6.61 Å². The smallest absolute Gasteiger partial charge is 0.350 e. The van der Waals surface area contributed by atoms with Crippen molar-refractivity contribution in [3.63, 3.8) is 0 Å². The molecule has 1 rings (SSSR count). The molecule has 4 heteroatoms. The van der Waals surface area contributed by atoms with Gasteiger partial charge in [-0.1, -0.05) is 19.1 Å². The third kappa shape index (κ3) is 3.77. The zero-order valence-corrected chi connectivity index (χ0v) is 10.7. The molecule has 1 aromatic rings. The van der Waals surface area contributed by atoms with Crippen LogP contribution in [0.15, 0.2) is 29.2 Å². The van der Waals surface area contributed by atoms with E-state index in [-0.39, 0.29) is 12.2 Å². The van der Waals surface area contributed by atoms with E-state index >= 15 is 0 Å². The van der Waals surface area contributed by atoms with E-state index in [1.54, 1.807) is 36.8 Å². The Hall–Kier alpha value is -1.51. The molecule has 0 unspecified atom stereocenters. The van der Waals surface area contributed by atoms with Crippen LogP contribution in [0.1, 0.15) is 19.4 Å². The van der Waals surface area contributed by atoms with Crippen LogP contribution in [-0.4, -0.2) is 24.3 Å². The van der Waals surface area contributed by atoms with Gasteiger partial charge >= 0.3 is 5.97 Å². The van der Waals surface area contributed by atoms with Gasteiger partial charge < -0.3 is 4.74 Å². The van der Waals surface area contributed by atoms with Gasteiger partial charge in [-0.25, -0.2) is 9.59 Å². The first-order valence-electron chi connectivity index (χ1n) is 5.38. The quantitative estimate of drug-likeness (QED) is 0.349. The summed E-state index contributed by atoms with van der Waals surface area (Å²) in [7, 11) is 0. The number of hydrogen-bond acceptors (Lipinski definition) is 4. The standard InChI is InChI=1S/C13H14O3S/c1-3-16-13(15)12(9-14)10-5-7-11(8-6-10)17-4-2/h5-8H,3-4H2,1-2H3. The zero-order chi connectivity index (χ0) is 12.7. The lowest BCUT2D eigenvalue weighted by Gasteiger charge is -2.04. The summed E-state index contributed by atoms with van der Waals surface area (Å²) in [6.07, 6.45) is 0. The molecular formula is C13H14O3S. The Morgan fingerprint density at radius 3 is 2.41 bits per heavy atom. The summed E-state index contributed by atoms with van der Waals surface area (Å²) in [6, 6.07) is 7.21. The summed E-state index contributed by atoms with van der Waals surface area (Å²) in [4.78, 5) is 23.3. The van der Waals surface area contributed by atoms with Crippen LogP contribution in [0.2, 0.25) is 0 Å². The van der Waals surface area contributed by atoms with Crippen LogP contribution in [0, 0.1) is 0 Å². The minimum atomic E-state index is -0.626. The first kappa shape index (κ1) is 13.6. The second kappa shape index (κ2) is 6.94. The van der Waals surface area contributed by atoms with Gasteiger partial charge in [-0.2, -0.15) is 0 Å². The maximum absolute atomic E-state index is 11.5. The molecule has 0 aliphatic heterocycles. The van der Waals surface area contributed by atoms with Crippen LogP contribution in [0.3, 0.4) is 0 Å².